The number of halogens is 2. The number of carbonyl (C=O) groups excluding carboxylic acids is 4. The van der Waals surface area contributed by atoms with E-state index in [1.54, 1.807) is 17.5 Å². The Morgan fingerprint density at radius 2 is 1.65 bits per heavy atom. The second-order valence-electron chi connectivity index (χ2n) is 8.56. The number of fused-ring (bicyclic) bond motifs is 5. The van der Waals surface area contributed by atoms with Gasteiger partial charge in [0.1, 0.15) is 6.54 Å². The SMILES string of the molecule is O=C(CN(C(=O)c1ccc([N+](=O)[O-])cc1)N1C(=O)[C@@H]2[C@H]3C[C@@H]([C@H](Br)[C@H]3Br)[C@@H]2C1=O)c1cccs1. The number of ketones is 1. The number of rotatable bonds is 6. The van der Waals surface area contributed by atoms with Crippen LogP contribution >= 0.6 is 43.2 Å². The summed E-state index contributed by atoms with van der Waals surface area (Å²) in [7, 11) is 0. The zero-order chi connectivity index (χ0) is 24.3. The molecule has 0 radical (unpaired) electrons. The van der Waals surface area contributed by atoms with Gasteiger partial charge in [0, 0.05) is 27.4 Å². The predicted molar refractivity (Wildman–Crippen MR) is 129 cm³/mol. The Morgan fingerprint density at radius 3 is 2.15 bits per heavy atom. The summed E-state index contributed by atoms with van der Waals surface area (Å²) in [5.41, 5.74) is -0.175. The maximum Gasteiger partial charge on any atom is 0.273 e. The zero-order valence-electron chi connectivity index (χ0n) is 17.4. The number of non-ortho nitro benzene ring substituents is 1. The van der Waals surface area contributed by atoms with Crippen LogP contribution in [0.15, 0.2) is 41.8 Å². The molecule has 6 atom stereocenters. The minimum absolute atomic E-state index is 0.0296. The molecule has 3 fully saturated rings. The number of alkyl halides is 2. The number of imide groups is 1. The molecule has 3 amide bonds. The fourth-order valence-corrected chi connectivity index (χ4v) is 7.86. The Hall–Kier alpha value is -2.44. The van der Waals surface area contributed by atoms with Gasteiger partial charge in [0.2, 0.25) is 0 Å². The van der Waals surface area contributed by atoms with Gasteiger partial charge >= 0.3 is 0 Å². The van der Waals surface area contributed by atoms with Gasteiger partial charge in [0.15, 0.2) is 5.78 Å². The number of benzene rings is 1. The highest BCUT2D eigenvalue weighted by Crippen LogP contribution is 2.60. The van der Waals surface area contributed by atoms with Gasteiger partial charge in [0.05, 0.1) is 21.6 Å². The number of hydrogen-bond donors (Lipinski definition) is 0. The summed E-state index contributed by atoms with van der Waals surface area (Å²) in [5, 5.41) is 14.4. The first-order chi connectivity index (χ1) is 16.2. The van der Waals surface area contributed by atoms with Crippen molar-refractivity contribution in [1.82, 2.24) is 10.0 Å². The number of amides is 3. The first kappa shape index (κ1) is 23.3. The van der Waals surface area contributed by atoms with Crippen LogP contribution in [0.1, 0.15) is 26.5 Å². The molecule has 2 aliphatic carbocycles. The third kappa shape index (κ3) is 3.54. The van der Waals surface area contributed by atoms with Crippen LogP contribution in [0, 0.1) is 33.8 Å². The van der Waals surface area contributed by atoms with Gasteiger partial charge in [-0.05, 0) is 41.8 Å². The van der Waals surface area contributed by atoms with Crippen LogP contribution < -0.4 is 0 Å². The van der Waals surface area contributed by atoms with Crippen LogP contribution in [0.4, 0.5) is 5.69 Å². The van der Waals surface area contributed by atoms with Gasteiger partial charge in [0.25, 0.3) is 23.4 Å². The molecule has 2 aromatic rings. The fourth-order valence-electron chi connectivity index (χ4n) is 5.33. The average molecular weight is 611 g/mol. The second kappa shape index (κ2) is 8.65. The van der Waals surface area contributed by atoms with Crippen molar-refractivity contribution in [3.63, 3.8) is 0 Å². The molecule has 2 heterocycles. The quantitative estimate of drug-likeness (QED) is 0.162. The largest absolute Gasteiger partial charge is 0.291 e. The van der Waals surface area contributed by atoms with Crippen molar-refractivity contribution in [1.29, 1.82) is 0 Å². The third-order valence-corrected chi connectivity index (χ3v) is 11.0. The molecule has 9 nitrogen and oxygen atoms in total. The number of hydrazine groups is 1. The summed E-state index contributed by atoms with van der Waals surface area (Å²) in [6, 6.07) is 8.14. The normalized spacial score (nSPS) is 29.4. The minimum atomic E-state index is -0.750. The number of nitro benzene ring substituents is 1. The first-order valence-corrected chi connectivity index (χ1v) is 13.2. The lowest BCUT2D eigenvalue weighted by atomic mass is 9.81. The molecule has 1 saturated heterocycles. The standard InChI is InChI=1S/C22H17Br2N3O6S/c23-18-12-8-13(19(18)24)17-16(12)21(30)26(22(17)31)25(9-14(28)15-2-1-7-34-15)20(29)10-3-5-11(6-4-10)27(32)33/h1-7,12-13,16-19H,8-9H2/t12-,13-,16-,17+,18+,19+/m1/s1. The van der Waals surface area contributed by atoms with Crippen molar-refractivity contribution in [2.45, 2.75) is 16.1 Å². The topological polar surface area (TPSA) is 118 Å². The van der Waals surface area contributed by atoms with Crippen molar-refractivity contribution in [3.05, 3.63) is 62.3 Å². The molecule has 176 valence electrons. The summed E-state index contributed by atoms with van der Waals surface area (Å²) >= 11 is 8.46. The van der Waals surface area contributed by atoms with Gasteiger partial charge in [-0.15, -0.1) is 11.3 Å². The molecule has 12 heteroatoms. The number of nitro groups is 1. The Labute approximate surface area is 214 Å². The lowest BCUT2D eigenvalue weighted by Gasteiger charge is -2.30. The number of hydrogen-bond acceptors (Lipinski definition) is 7. The van der Waals surface area contributed by atoms with Crippen LogP contribution in [0.3, 0.4) is 0 Å². The van der Waals surface area contributed by atoms with E-state index in [0.29, 0.717) is 4.88 Å². The number of thiophene rings is 1. The van der Waals surface area contributed by atoms with E-state index in [0.717, 1.165) is 16.4 Å². The van der Waals surface area contributed by atoms with E-state index in [4.69, 9.17) is 0 Å². The summed E-state index contributed by atoms with van der Waals surface area (Å²) in [5.74, 6) is -3.35. The van der Waals surface area contributed by atoms with Crippen molar-refractivity contribution >= 4 is 72.4 Å². The van der Waals surface area contributed by atoms with Gasteiger partial charge in [-0.2, -0.15) is 5.01 Å². The highest BCUT2D eigenvalue weighted by Gasteiger charge is 2.67. The molecule has 1 aromatic carbocycles. The summed E-state index contributed by atoms with van der Waals surface area (Å²) in [6.07, 6.45) is 0.733. The monoisotopic (exact) mass is 609 g/mol. The molecular formula is C22H17Br2N3O6S. The van der Waals surface area contributed by atoms with Gasteiger partial charge in [-0.3, -0.25) is 29.3 Å². The smallest absolute Gasteiger partial charge is 0.273 e. The average Bonchev–Trinajstić information content (AvgIpc) is 3.59. The maximum atomic E-state index is 13.5. The number of nitrogens with zero attached hydrogens (tertiary/aromatic N) is 3. The molecule has 0 N–H and O–H groups in total. The Kier molecular flexibility index (Phi) is 5.93. The predicted octanol–water partition coefficient (Wildman–Crippen LogP) is 3.67. The van der Waals surface area contributed by atoms with Crippen molar-refractivity contribution < 1.29 is 24.1 Å². The van der Waals surface area contributed by atoms with Crippen LogP contribution in [-0.2, 0) is 9.59 Å². The van der Waals surface area contributed by atoms with Crippen LogP contribution in [-0.4, -0.2) is 54.6 Å². The van der Waals surface area contributed by atoms with E-state index in [1.807, 2.05) is 0 Å². The van der Waals surface area contributed by atoms with E-state index in [9.17, 15) is 29.3 Å². The maximum absolute atomic E-state index is 13.5. The summed E-state index contributed by atoms with van der Waals surface area (Å²) in [6.45, 7) is -0.502. The van der Waals surface area contributed by atoms with E-state index in [-0.39, 0.29) is 32.7 Å². The highest BCUT2D eigenvalue weighted by atomic mass is 79.9. The van der Waals surface area contributed by atoms with Crippen LogP contribution in [0.5, 0.6) is 0 Å². The molecule has 2 bridgehead atoms. The minimum Gasteiger partial charge on any atom is -0.291 e. The van der Waals surface area contributed by atoms with E-state index >= 15 is 0 Å². The van der Waals surface area contributed by atoms with Crippen molar-refractivity contribution in [3.8, 4) is 0 Å². The van der Waals surface area contributed by atoms with Gasteiger partial charge < -0.3 is 0 Å². The van der Waals surface area contributed by atoms with Gasteiger partial charge in [-0.25, -0.2) is 5.01 Å². The van der Waals surface area contributed by atoms with Crippen LogP contribution in [0.2, 0.25) is 0 Å². The first-order valence-electron chi connectivity index (χ1n) is 10.5. The molecule has 1 aromatic heterocycles. The van der Waals surface area contributed by atoms with E-state index < -0.39 is 46.8 Å². The van der Waals surface area contributed by atoms with Crippen LogP contribution in [0.25, 0.3) is 0 Å². The lowest BCUT2D eigenvalue weighted by molar-refractivity contribution is -0.384. The molecule has 0 unspecified atom stereocenters. The lowest BCUT2D eigenvalue weighted by Crippen LogP contribution is -2.52. The second-order valence-corrected chi connectivity index (χ2v) is 11.6. The van der Waals surface area contributed by atoms with E-state index in [2.05, 4.69) is 31.9 Å². The third-order valence-electron chi connectivity index (χ3n) is 6.85. The Bertz CT molecular complexity index is 1170. The molecular weight excluding hydrogens is 594 g/mol. The number of carbonyl (C=O) groups is 4. The fraction of sp³-hybridized carbons (Fsp3) is 0.364. The Morgan fingerprint density at radius 1 is 1.06 bits per heavy atom. The molecule has 34 heavy (non-hydrogen) atoms. The molecule has 0 spiro atoms. The van der Waals surface area contributed by atoms with Crippen molar-refractivity contribution in [2.75, 3.05) is 6.54 Å². The Balaban J connectivity index is 1.50. The van der Waals surface area contributed by atoms with Crippen molar-refractivity contribution in [2.24, 2.45) is 23.7 Å². The van der Waals surface area contributed by atoms with Gasteiger partial charge in [-0.1, -0.05) is 37.9 Å². The highest BCUT2D eigenvalue weighted by molar-refractivity contribution is 9.12. The zero-order valence-corrected chi connectivity index (χ0v) is 21.4. The van der Waals surface area contributed by atoms with E-state index in [1.165, 1.54) is 35.6 Å². The summed E-state index contributed by atoms with van der Waals surface area (Å²) < 4.78 is 0. The molecule has 2 saturated carbocycles. The molecule has 1 aliphatic heterocycles. The number of Topliss-reactive ketones (excluding diaryl/α,β-unsaturated/α-hetero) is 1. The molecule has 3 aliphatic rings. The molecule has 5 rings (SSSR count). The summed E-state index contributed by atoms with van der Waals surface area (Å²) in [4.78, 5) is 64.2.